The second-order valence-corrected chi connectivity index (χ2v) is 8.00. The van der Waals surface area contributed by atoms with Crippen molar-refractivity contribution in [3.63, 3.8) is 0 Å². The van der Waals surface area contributed by atoms with Crippen molar-refractivity contribution in [2.45, 2.75) is 51.5 Å². The van der Waals surface area contributed by atoms with Gasteiger partial charge in [-0.2, -0.15) is 0 Å². The number of likely N-dealkylation sites (tertiary alicyclic amines) is 1. The number of carbonyl (C=O) groups is 1. The molecule has 3 unspecified atom stereocenters. The molecule has 1 aliphatic carbocycles. The van der Waals surface area contributed by atoms with E-state index in [1.54, 1.807) is 0 Å². The molecular weight excluding hydrogens is 320 g/mol. The lowest BCUT2D eigenvalue weighted by atomic mass is 9.91. The first-order valence-electron chi connectivity index (χ1n) is 9.17. The lowest BCUT2D eigenvalue weighted by Gasteiger charge is -2.27. The van der Waals surface area contributed by atoms with Crippen LogP contribution in [0.5, 0.6) is 0 Å². The average Bonchev–Trinajstić information content (AvgIpc) is 3.09. The molecule has 4 rings (SSSR count). The SMILES string of the molecule is Cc1ccccc1C1CC(C)N(C(=O)C2CC23CCNCC3)C1.Cl. The Morgan fingerprint density at radius 1 is 1.25 bits per heavy atom. The van der Waals surface area contributed by atoms with Gasteiger partial charge in [0.25, 0.3) is 0 Å². The molecule has 24 heavy (non-hydrogen) atoms. The Morgan fingerprint density at radius 3 is 2.67 bits per heavy atom. The zero-order valence-electron chi connectivity index (χ0n) is 14.8. The van der Waals surface area contributed by atoms with Crippen LogP contribution in [0.1, 0.15) is 49.7 Å². The molecule has 1 spiro atoms. The van der Waals surface area contributed by atoms with E-state index in [1.807, 2.05) is 0 Å². The van der Waals surface area contributed by atoms with E-state index in [1.165, 1.54) is 24.0 Å². The maximum absolute atomic E-state index is 13.1. The van der Waals surface area contributed by atoms with Gasteiger partial charge in [-0.15, -0.1) is 12.4 Å². The fraction of sp³-hybridized carbons (Fsp3) is 0.650. The molecule has 1 aromatic rings. The van der Waals surface area contributed by atoms with Crippen LogP contribution in [0.4, 0.5) is 0 Å². The molecular formula is C20H29ClN2O. The quantitative estimate of drug-likeness (QED) is 0.887. The van der Waals surface area contributed by atoms with Crippen molar-refractivity contribution in [3.05, 3.63) is 35.4 Å². The molecule has 3 aliphatic rings. The molecule has 3 atom stereocenters. The third-order valence-electron chi connectivity index (χ3n) is 6.57. The van der Waals surface area contributed by atoms with Crippen molar-refractivity contribution in [3.8, 4) is 0 Å². The van der Waals surface area contributed by atoms with Crippen molar-refractivity contribution >= 4 is 18.3 Å². The predicted octanol–water partition coefficient (Wildman–Crippen LogP) is 3.51. The standard InChI is InChI=1S/C20H28N2O.ClH/c1-14-5-3-4-6-17(14)16-11-15(2)22(13-16)19(23)18-12-20(18)7-9-21-10-8-20;/h3-6,15-16,18,21H,7-13H2,1-2H3;1H. The van der Waals surface area contributed by atoms with Crippen LogP contribution in [-0.2, 0) is 4.79 Å². The molecule has 3 fully saturated rings. The van der Waals surface area contributed by atoms with Gasteiger partial charge in [0, 0.05) is 24.4 Å². The molecule has 2 heterocycles. The molecule has 0 bridgehead atoms. The summed E-state index contributed by atoms with van der Waals surface area (Å²) in [6.07, 6.45) is 4.61. The minimum Gasteiger partial charge on any atom is -0.339 e. The molecule has 2 aliphatic heterocycles. The number of piperidine rings is 1. The van der Waals surface area contributed by atoms with Gasteiger partial charge in [-0.1, -0.05) is 24.3 Å². The van der Waals surface area contributed by atoms with Gasteiger partial charge in [-0.3, -0.25) is 4.79 Å². The van der Waals surface area contributed by atoms with Gasteiger partial charge in [0.1, 0.15) is 0 Å². The van der Waals surface area contributed by atoms with E-state index in [9.17, 15) is 4.79 Å². The zero-order valence-corrected chi connectivity index (χ0v) is 15.6. The average molecular weight is 349 g/mol. The van der Waals surface area contributed by atoms with Gasteiger partial charge < -0.3 is 10.2 Å². The highest BCUT2D eigenvalue weighted by Crippen LogP contribution is 2.59. The Kier molecular flexibility index (Phi) is 4.94. The highest BCUT2D eigenvalue weighted by atomic mass is 35.5. The Bertz CT molecular complexity index is 611. The highest BCUT2D eigenvalue weighted by molar-refractivity contribution is 5.85. The van der Waals surface area contributed by atoms with E-state index in [-0.39, 0.29) is 12.4 Å². The first kappa shape index (κ1) is 17.8. The number of halogens is 1. The van der Waals surface area contributed by atoms with Crippen molar-refractivity contribution in [2.24, 2.45) is 11.3 Å². The molecule has 1 aromatic carbocycles. The van der Waals surface area contributed by atoms with E-state index < -0.39 is 0 Å². The largest absolute Gasteiger partial charge is 0.339 e. The number of nitrogens with zero attached hydrogens (tertiary/aromatic N) is 1. The molecule has 3 nitrogen and oxygen atoms in total. The molecule has 1 saturated carbocycles. The van der Waals surface area contributed by atoms with Crippen LogP contribution in [0.2, 0.25) is 0 Å². The van der Waals surface area contributed by atoms with Crippen LogP contribution < -0.4 is 5.32 Å². The van der Waals surface area contributed by atoms with Crippen molar-refractivity contribution in [1.82, 2.24) is 10.2 Å². The predicted molar refractivity (Wildman–Crippen MR) is 99.6 cm³/mol. The maximum atomic E-state index is 13.1. The third-order valence-corrected chi connectivity index (χ3v) is 6.57. The molecule has 1 N–H and O–H groups in total. The van der Waals surface area contributed by atoms with E-state index in [0.717, 1.165) is 32.5 Å². The fourth-order valence-corrected chi connectivity index (χ4v) is 4.98. The molecule has 2 saturated heterocycles. The minimum atomic E-state index is 0. The molecule has 0 radical (unpaired) electrons. The second-order valence-electron chi connectivity index (χ2n) is 8.00. The van der Waals surface area contributed by atoms with E-state index in [2.05, 4.69) is 48.3 Å². The number of rotatable bonds is 2. The Labute approximate surface area is 151 Å². The number of benzene rings is 1. The normalized spacial score (nSPS) is 30.9. The Hall–Kier alpha value is -1.06. The number of aryl methyl sites for hydroxylation is 1. The topological polar surface area (TPSA) is 32.3 Å². The lowest BCUT2D eigenvalue weighted by Crippen LogP contribution is -2.38. The maximum Gasteiger partial charge on any atom is 0.226 e. The summed E-state index contributed by atoms with van der Waals surface area (Å²) in [6, 6.07) is 9.04. The van der Waals surface area contributed by atoms with Gasteiger partial charge in [0.2, 0.25) is 5.91 Å². The number of hydrogen-bond acceptors (Lipinski definition) is 2. The van der Waals surface area contributed by atoms with Crippen molar-refractivity contribution in [2.75, 3.05) is 19.6 Å². The summed E-state index contributed by atoms with van der Waals surface area (Å²) in [5.74, 6) is 1.26. The number of hydrogen-bond donors (Lipinski definition) is 1. The summed E-state index contributed by atoms with van der Waals surface area (Å²) in [7, 11) is 0. The first-order chi connectivity index (χ1) is 11.1. The van der Waals surface area contributed by atoms with Gasteiger partial charge in [0.15, 0.2) is 0 Å². The van der Waals surface area contributed by atoms with Crippen LogP contribution in [0.3, 0.4) is 0 Å². The van der Waals surface area contributed by atoms with Crippen LogP contribution in [0.15, 0.2) is 24.3 Å². The second kappa shape index (κ2) is 6.68. The summed E-state index contributed by atoms with van der Waals surface area (Å²) in [4.78, 5) is 15.3. The lowest BCUT2D eigenvalue weighted by molar-refractivity contribution is -0.134. The number of amides is 1. The highest BCUT2D eigenvalue weighted by Gasteiger charge is 2.59. The van der Waals surface area contributed by atoms with E-state index in [0.29, 0.717) is 29.2 Å². The smallest absolute Gasteiger partial charge is 0.226 e. The number of carbonyl (C=O) groups excluding carboxylic acids is 1. The fourth-order valence-electron chi connectivity index (χ4n) is 4.98. The molecule has 132 valence electrons. The summed E-state index contributed by atoms with van der Waals surface area (Å²) in [5.41, 5.74) is 3.14. The van der Waals surface area contributed by atoms with Crippen LogP contribution in [-0.4, -0.2) is 36.5 Å². The summed E-state index contributed by atoms with van der Waals surface area (Å²) in [6.45, 7) is 7.51. The van der Waals surface area contributed by atoms with Crippen LogP contribution >= 0.6 is 12.4 Å². The Morgan fingerprint density at radius 2 is 1.96 bits per heavy atom. The molecule has 4 heteroatoms. The van der Waals surface area contributed by atoms with Crippen LogP contribution in [0, 0.1) is 18.3 Å². The van der Waals surface area contributed by atoms with Gasteiger partial charge in [-0.05, 0) is 69.2 Å². The minimum absolute atomic E-state index is 0. The van der Waals surface area contributed by atoms with E-state index >= 15 is 0 Å². The summed E-state index contributed by atoms with van der Waals surface area (Å²) >= 11 is 0. The van der Waals surface area contributed by atoms with Gasteiger partial charge in [0.05, 0.1) is 0 Å². The third kappa shape index (κ3) is 2.97. The van der Waals surface area contributed by atoms with Gasteiger partial charge >= 0.3 is 0 Å². The summed E-state index contributed by atoms with van der Waals surface area (Å²) in [5, 5.41) is 3.43. The number of nitrogens with one attached hydrogen (secondary N) is 1. The van der Waals surface area contributed by atoms with Crippen molar-refractivity contribution in [1.29, 1.82) is 0 Å². The van der Waals surface area contributed by atoms with E-state index in [4.69, 9.17) is 0 Å². The monoisotopic (exact) mass is 348 g/mol. The zero-order chi connectivity index (χ0) is 16.0. The summed E-state index contributed by atoms with van der Waals surface area (Å²) < 4.78 is 0. The first-order valence-corrected chi connectivity index (χ1v) is 9.17. The van der Waals surface area contributed by atoms with Gasteiger partial charge in [-0.25, -0.2) is 0 Å². The van der Waals surface area contributed by atoms with Crippen LogP contribution in [0.25, 0.3) is 0 Å². The Balaban J connectivity index is 0.00000169. The molecule has 1 amide bonds. The molecule has 0 aromatic heterocycles. The van der Waals surface area contributed by atoms with Crippen molar-refractivity contribution < 1.29 is 4.79 Å².